The van der Waals surface area contributed by atoms with Crippen LogP contribution in [0.4, 0.5) is 16.2 Å². The molecule has 2 amide bonds. The average Bonchev–Trinajstić information content (AvgIpc) is 3.10. The molecule has 1 aliphatic carbocycles. The van der Waals surface area contributed by atoms with Crippen LogP contribution < -0.4 is 10.6 Å². The molecule has 0 unspecified atom stereocenters. The van der Waals surface area contributed by atoms with E-state index in [1.165, 1.54) is 18.2 Å². The molecule has 0 spiro atoms. The van der Waals surface area contributed by atoms with Crippen molar-refractivity contribution in [2.24, 2.45) is 5.92 Å². The van der Waals surface area contributed by atoms with E-state index in [1.54, 1.807) is 6.07 Å². The molecule has 1 fully saturated rings. The maximum Gasteiger partial charge on any atom is 0.319 e. The molecule has 6 nitrogen and oxygen atoms in total. The number of anilines is 1. The predicted molar refractivity (Wildman–Crippen MR) is 62.8 cm³/mol. The van der Waals surface area contributed by atoms with Crippen LogP contribution >= 0.6 is 0 Å². The zero-order chi connectivity index (χ0) is 12.3. The quantitative estimate of drug-likeness (QED) is 0.619. The third kappa shape index (κ3) is 3.44. The van der Waals surface area contributed by atoms with E-state index in [4.69, 9.17) is 0 Å². The maximum absolute atomic E-state index is 11.4. The van der Waals surface area contributed by atoms with Crippen molar-refractivity contribution in [3.8, 4) is 0 Å². The number of non-ortho nitro benzene ring substituents is 1. The zero-order valence-electron chi connectivity index (χ0n) is 9.18. The van der Waals surface area contributed by atoms with Crippen molar-refractivity contribution >= 4 is 17.4 Å². The van der Waals surface area contributed by atoms with E-state index in [2.05, 4.69) is 10.6 Å². The number of benzene rings is 1. The highest BCUT2D eigenvalue weighted by Gasteiger charge is 2.21. The minimum atomic E-state index is -0.493. The highest BCUT2D eigenvalue weighted by atomic mass is 16.6. The largest absolute Gasteiger partial charge is 0.338 e. The van der Waals surface area contributed by atoms with Crippen molar-refractivity contribution in [3.05, 3.63) is 34.4 Å². The van der Waals surface area contributed by atoms with E-state index >= 15 is 0 Å². The van der Waals surface area contributed by atoms with Gasteiger partial charge in [0, 0.05) is 24.4 Å². The highest BCUT2D eigenvalue weighted by molar-refractivity contribution is 5.89. The summed E-state index contributed by atoms with van der Waals surface area (Å²) in [4.78, 5) is 21.5. The van der Waals surface area contributed by atoms with E-state index in [0.29, 0.717) is 18.2 Å². The zero-order valence-corrected chi connectivity index (χ0v) is 9.18. The van der Waals surface area contributed by atoms with Crippen molar-refractivity contribution in [1.82, 2.24) is 5.32 Å². The summed E-state index contributed by atoms with van der Waals surface area (Å²) in [6.45, 7) is 0.667. The first-order valence-corrected chi connectivity index (χ1v) is 5.44. The Morgan fingerprint density at radius 3 is 2.88 bits per heavy atom. The van der Waals surface area contributed by atoms with Gasteiger partial charge >= 0.3 is 6.03 Å². The number of urea groups is 1. The Kier molecular flexibility index (Phi) is 3.22. The maximum atomic E-state index is 11.4. The molecule has 2 rings (SSSR count). The van der Waals surface area contributed by atoms with Crippen molar-refractivity contribution in [1.29, 1.82) is 0 Å². The van der Waals surface area contributed by atoms with Crippen LogP contribution in [0.3, 0.4) is 0 Å². The Morgan fingerprint density at radius 2 is 2.24 bits per heavy atom. The summed E-state index contributed by atoms with van der Waals surface area (Å²) in [5.41, 5.74) is 0.387. The van der Waals surface area contributed by atoms with E-state index < -0.39 is 4.92 Å². The normalized spacial score (nSPS) is 14.1. The molecule has 0 heterocycles. The standard InChI is InChI=1S/C11H13N3O3/c15-11(12-7-8-4-5-8)13-9-2-1-3-10(6-9)14(16)17/h1-3,6,8H,4-5,7H2,(H2,12,13,15). The second-order valence-corrected chi connectivity index (χ2v) is 4.09. The lowest BCUT2D eigenvalue weighted by Crippen LogP contribution is -2.30. The highest BCUT2D eigenvalue weighted by Crippen LogP contribution is 2.27. The molecule has 6 heteroatoms. The van der Waals surface area contributed by atoms with Crippen molar-refractivity contribution in [2.75, 3.05) is 11.9 Å². The minimum absolute atomic E-state index is 0.0370. The molecular formula is C11H13N3O3. The summed E-state index contributed by atoms with van der Waals surface area (Å²) in [5, 5.41) is 15.8. The number of nitrogens with one attached hydrogen (secondary N) is 2. The lowest BCUT2D eigenvalue weighted by atomic mass is 10.3. The van der Waals surface area contributed by atoms with Crippen molar-refractivity contribution < 1.29 is 9.72 Å². The first-order chi connectivity index (χ1) is 8.15. The third-order valence-electron chi connectivity index (χ3n) is 2.56. The Balaban J connectivity index is 1.90. The Labute approximate surface area is 98.2 Å². The monoisotopic (exact) mass is 235 g/mol. The van der Waals surface area contributed by atoms with Gasteiger partial charge in [0.2, 0.25) is 0 Å². The summed E-state index contributed by atoms with van der Waals surface area (Å²) in [5.74, 6) is 0.603. The molecule has 1 aromatic rings. The molecule has 0 aliphatic heterocycles. The van der Waals surface area contributed by atoms with E-state index in [9.17, 15) is 14.9 Å². The summed E-state index contributed by atoms with van der Waals surface area (Å²) in [6, 6.07) is 5.54. The number of hydrogen-bond donors (Lipinski definition) is 2. The van der Waals surface area contributed by atoms with Crippen LogP contribution in [0.1, 0.15) is 12.8 Å². The van der Waals surface area contributed by atoms with Gasteiger partial charge < -0.3 is 10.6 Å². The van der Waals surface area contributed by atoms with Crippen LogP contribution in [-0.4, -0.2) is 17.5 Å². The molecule has 1 aromatic carbocycles. The number of nitrogens with zero attached hydrogens (tertiary/aromatic N) is 1. The molecule has 2 N–H and O–H groups in total. The third-order valence-corrected chi connectivity index (χ3v) is 2.56. The number of hydrogen-bond acceptors (Lipinski definition) is 3. The van der Waals surface area contributed by atoms with E-state index in [-0.39, 0.29) is 11.7 Å². The lowest BCUT2D eigenvalue weighted by molar-refractivity contribution is -0.384. The van der Waals surface area contributed by atoms with Gasteiger partial charge in [-0.05, 0) is 24.8 Å². The average molecular weight is 235 g/mol. The molecular weight excluding hydrogens is 222 g/mol. The summed E-state index contributed by atoms with van der Waals surface area (Å²) < 4.78 is 0. The van der Waals surface area contributed by atoms with E-state index in [0.717, 1.165) is 12.8 Å². The number of rotatable bonds is 4. The molecule has 0 bridgehead atoms. The first kappa shape index (κ1) is 11.4. The molecule has 0 atom stereocenters. The van der Waals surface area contributed by atoms with Crippen molar-refractivity contribution in [2.45, 2.75) is 12.8 Å². The second-order valence-electron chi connectivity index (χ2n) is 4.09. The topological polar surface area (TPSA) is 84.3 Å². The fourth-order valence-corrected chi connectivity index (χ4v) is 1.43. The molecule has 17 heavy (non-hydrogen) atoms. The molecule has 0 aromatic heterocycles. The molecule has 1 aliphatic rings. The van der Waals surface area contributed by atoms with Gasteiger partial charge in [-0.25, -0.2) is 4.79 Å². The number of carbonyl (C=O) groups is 1. The van der Waals surface area contributed by atoms with E-state index in [1.807, 2.05) is 0 Å². The summed E-state index contributed by atoms with van der Waals surface area (Å²) in [6.07, 6.45) is 2.33. The van der Waals surface area contributed by atoms with Crippen LogP contribution in [0.15, 0.2) is 24.3 Å². The Bertz CT molecular complexity index is 443. The predicted octanol–water partition coefficient (Wildman–Crippen LogP) is 2.13. The number of nitro benzene ring substituents is 1. The minimum Gasteiger partial charge on any atom is -0.338 e. The van der Waals surface area contributed by atoms with Gasteiger partial charge in [0.05, 0.1) is 4.92 Å². The van der Waals surface area contributed by atoms with Gasteiger partial charge in [0.15, 0.2) is 0 Å². The fraction of sp³-hybridized carbons (Fsp3) is 0.364. The van der Waals surface area contributed by atoms with Crippen LogP contribution in [-0.2, 0) is 0 Å². The number of carbonyl (C=O) groups excluding carboxylic acids is 1. The van der Waals surface area contributed by atoms with Crippen LogP contribution in [0.2, 0.25) is 0 Å². The molecule has 90 valence electrons. The number of amides is 2. The lowest BCUT2D eigenvalue weighted by Gasteiger charge is -2.06. The van der Waals surface area contributed by atoms with Gasteiger partial charge in [0.1, 0.15) is 0 Å². The Hall–Kier alpha value is -2.11. The van der Waals surface area contributed by atoms with Crippen LogP contribution in [0.5, 0.6) is 0 Å². The van der Waals surface area contributed by atoms with Crippen LogP contribution in [0.25, 0.3) is 0 Å². The van der Waals surface area contributed by atoms with Gasteiger partial charge in [-0.15, -0.1) is 0 Å². The van der Waals surface area contributed by atoms with Gasteiger partial charge in [0.25, 0.3) is 5.69 Å². The number of nitro groups is 1. The smallest absolute Gasteiger partial charge is 0.319 e. The Morgan fingerprint density at radius 1 is 1.47 bits per heavy atom. The molecule has 1 saturated carbocycles. The second kappa shape index (κ2) is 4.82. The SMILES string of the molecule is O=C(NCC1CC1)Nc1cccc([N+](=O)[O-])c1. The summed E-state index contributed by atoms with van der Waals surface area (Å²) >= 11 is 0. The van der Waals surface area contributed by atoms with Gasteiger partial charge in [-0.3, -0.25) is 10.1 Å². The van der Waals surface area contributed by atoms with Gasteiger partial charge in [-0.2, -0.15) is 0 Å². The first-order valence-electron chi connectivity index (χ1n) is 5.44. The van der Waals surface area contributed by atoms with Gasteiger partial charge in [-0.1, -0.05) is 6.07 Å². The molecule has 0 saturated heterocycles. The van der Waals surface area contributed by atoms with Crippen molar-refractivity contribution in [3.63, 3.8) is 0 Å². The summed E-state index contributed by atoms with van der Waals surface area (Å²) in [7, 11) is 0. The van der Waals surface area contributed by atoms with Crippen LogP contribution in [0, 0.1) is 16.0 Å². The fourth-order valence-electron chi connectivity index (χ4n) is 1.43. The molecule has 0 radical (unpaired) electrons.